The van der Waals surface area contributed by atoms with Crippen molar-refractivity contribution in [2.45, 2.75) is 18.3 Å². The molecule has 11 heteroatoms. The van der Waals surface area contributed by atoms with Gasteiger partial charge in [0, 0.05) is 100 Å². The number of hydrogen-bond acceptors (Lipinski definition) is 6. The van der Waals surface area contributed by atoms with Crippen molar-refractivity contribution in [1.29, 1.82) is 0 Å². The number of benzene rings is 9. The maximum Gasteiger partial charge on any atom is 0.138 e. The van der Waals surface area contributed by atoms with E-state index in [0.717, 1.165) is 200 Å². The summed E-state index contributed by atoms with van der Waals surface area (Å²) in [6, 6.07) is 82.7. The SMILES string of the molecule is c1ccc(C2c3cc4cccc(c4[nH]3)-c3ccc4c5c(c6ccc(nc6c4n3)-c3cccc4cc2[nH]c34)N=C(c2ccc(-c3nc4c6ccc7nc6c6nc(ccc6c4[nH]3)-c3cccc4cc([nH]c34)C(c3ccccc3)c3cc4cccc-7c4[nH]3)cc2)C5)cc1. The number of aromatic amines is 5. The smallest absolute Gasteiger partial charge is 0.138 e. The fourth-order valence-corrected chi connectivity index (χ4v) is 15.3. The molecular formula is C79H47N11. The van der Waals surface area contributed by atoms with Gasteiger partial charge in [-0.05, 0) is 89.0 Å². The lowest BCUT2D eigenvalue weighted by molar-refractivity contribution is 0.906. The van der Waals surface area contributed by atoms with Crippen LogP contribution in [0.2, 0.25) is 0 Å². The molecule has 0 saturated heterocycles. The summed E-state index contributed by atoms with van der Waals surface area (Å²) in [6.07, 6.45) is 0.644. The van der Waals surface area contributed by atoms with Crippen LogP contribution in [0.1, 0.15) is 56.9 Å². The molecule has 0 aliphatic carbocycles. The molecule has 3 aliphatic rings. The lowest BCUT2D eigenvalue weighted by atomic mass is 9.92. The maximum absolute atomic E-state index is 5.60. The van der Waals surface area contributed by atoms with Crippen LogP contribution >= 0.6 is 0 Å². The molecule has 3 aliphatic heterocycles. The van der Waals surface area contributed by atoms with Crippen LogP contribution in [0.25, 0.3) is 155 Å². The number of para-hydroxylation sites is 4. The molecule has 0 amide bonds. The van der Waals surface area contributed by atoms with Crippen molar-refractivity contribution >= 4 is 110 Å². The van der Waals surface area contributed by atoms with Crippen molar-refractivity contribution in [2.75, 3.05) is 0 Å². The van der Waals surface area contributed by atoms with Crippen LogP contribution < -0.4 is 0 Å². The Hall–Kier alpha value is -12.1. The fraction of sp³-hybridized carbons (Fsp3) is 0.0380. The normalized spacial score (nSPS) is 14.3. The van der Waals surface area contributed by atoms with Gasteiger partial charge in [-0.15, -0.1) is 0 Å². The number of hydrogen-bond donors (Lipinski definition) is 5. The highest BCUT2D eigenvalue weighted by Gasteiger charge is 2.29. The van der Waals surface area contributed by atoms with Crippen molar-refractivity contribution in [3.63, 3.8) is 0 Å². The molecule has 90 heavy (non-hydrogen) atoms. The summed E-state index contributed by atoms with van der Waals surface area (Å²) in [5.41, 5.74) is 28.8. The zero-order chi connectivity index (χ0) is 58.4. The summed E-state index contributed by atoms with van der Waals surface area (Å²) in [5.74, 6) is 0.635. The lowest BCUT2D eigenvalue weighted by Crippen LogP contribution is -2.04. The van der Waals surface area contributed by atoms with Crippen molar-refractivity contribution in [2.24, 2.45) is 4.99 Å². The first kappa shape index (κ1) is 48.1. The Morgan fingerprint density at radius 1 is 0.300 bits per heavy atom. The average Bonchev–Trinajstić information content (AvgIpc) is 1.44. The van der Waals surface area contributed by atoms with Gasteiger partial charge >= 0.3 is 0 Å². The molecule has 9 aromatic carbocycles. The van der Waals surface area contributed by atoms with E-state index in [1.165, 1.54) is 11.1 Å². The van der Waals surface area contributed by atoms with Crippen molar-refractivity contribution in [3.05, 3.63) is 276 Å². The molecule has 418 valence electrons. The van der Waals surface area contributed by atoms with E-state index in [1.807, 2.05) is 0 Å². The predicted octanol–water partition coefficient (Wildman–Crippen LogP) is 18.7. The van der Waals surface area contributed by atoms with Crippen LogP contribution in [-0.2, 0) is 6.42 Å². The number of H-pyrrole nitrogens is 5. The average molecular weight is 1150 g/mol. The van der Waals surface area contributed by atoms with E-state index in [-0.39, 0.29) is 11.8 Å². The summed E-state index contributed by atoms with van der Waals surface area (Å²) < 4.78 is 0. The van der Waals surface area contributed by atoms with E-state index in [2.05, 4.69) is 255 Å². The highest BCUT2D eigenvalue weighted by atomic mass is 14.9. The van der Waals surface area contributed by atoms with Gasteiger partial charge in [0.1, 0.15) is 5.82 Å². The van der Waals surface area contributed by atoms with Crippen LogP contribution in [0.5, 0.6) is 0 Å². The van der Waals surface area contributed by atoms with Crippen molar-refractivity contribution in [3.8, 4) is 56.4 Å². The Bertz CT molecular complexity index is 6040. The second-order valence-electron chi connectivity index (χ2n) is 24.5. The largest absolute Gasteiger partial charge is 0.357 e. The van der Waals surface area contributed by atoms with Gasteiger partial charge in [-0.3, -0.25) is 4.99 Å². The summed E-state index contributed by atoms with van der Waals surface area (Å²) in [7, 11) is 0. The van der Waals surface area contributed by atoms with Crippen LogP contribution in [0.4, 0.5) is 5.69 Å². The first-order valence-electron chi connectivity index (χ1n) is 30.7. The van der Waals surface area contributed by atoms with Gasteiger partial charge in [0.25, 0.3) is 0 Å². The van der Waals surface area contributed by atoms with Gasteiger partial charge in [-0.2, -0.15) is 0 Å². The molecule has 16 bridgehead atoms. The number of rotatable bonds is 4. The van der Waals surface area contributed by atoms with Gasteiger partial charge < -0.3 is 24.9 Å². The third-order valence-electron chi connectivity index (χ3n) is 19.5. The zero-order valence-corrected chi connectivity index (χ0v) is 48.0. The molecule has 9 aromatic heterocycles. The number of nitrogens with zero attached hydrogens (tertiary/aromatic N) is 6. The minimum absolute atomic E-state index is 0.0611. The van der Waals surface area contributed by atoms with Gasteiger partial charge in [0.15, 0.2) is 0 Å². The highest BCUT2D eigenvalue weighted by Crippen LogP contribution is 2.47. The van der Waals surface area contributed by atoms with Crippen molar-refractivity contribution < 1.29 is 0 Å². The van der Waals surface area contributed by atoms with Gasteiger partial charge in [-0.25, -0.2) is 24.9 Å². The number of aromatic nitrogens is 10. The minimum Gasteiger partial charge on any atom is -0.357 e. The topological polar surface area (TPSA) is 156 Å². The second-order valence-corrected chi connectivity index (χ2v) is 24.5. The van der Waals surface area contributed by atoms with Gasteiger partial charge in [0.05, 0.1) is 101 Å². The van der Waals surface area contributed by atoms with Crippen LogP contribution in [0, 0.1) is 0 Å². The molecular weight excluding hydrogens is 1100 g/mol. The van der Waals surface area contributed by atoms with E-state index in [1.54, 1.807) is 0 Å². The Balaban J connectivity index is 0.690. The standard InChI is InChI=1S/C79H47N11/c1-3-11-41(12-4-1)66-62-35-44-15-7-19-49(68(44)85-62)57-31-27-48-56-39-61(84-72(56)53-28-32-58(81-74(53)73(48)80-57)50-20-8-16-45-36-63(66)86-69(45)50)40-23-25-43(26-24-40)79-89-77-54-29-33-59-51-21-9-17-46-37-64(87-70(46)51)67(42-13-5-2-6-14-42)65-38-47-18-10-22-52(71(47)88-65)60-34-30-55(78(77)90-79)76(83-60)75(54)82-59/h1-38,66-67,85-88H,39H2,(H,89,90). The molecule has 5 N–H and O–H groups in total. The molecule has 2 unspecified atom stereocenters. The van der Waals surface area contributed by atoms with E-state index < -0.39 is 0 Å². The second kappa shape index (κ2) is 17.8. The molecule has 18 aromatic rings. The Morgan fingerprint density at radius 3 is 1.18 bits per heavy atom. The molecule has 2 atom stereocenters. The number of imidazole rings is 1. The first-order valence-corrected chi connectivity index (χ1v) is 30.7. The Labute approximate surface area is 512 Å². The van der Waals surface area contributed by atoms with Crippen LogP contribution in [-0.4, -0.2) is 55.6 Å². The molecule has 0 spiro atoms. The quantitative estimate of drug-likeness (QED) is 0.111. The molecule has 0 radical (unpaired) electrons. The van der Waals surface area contributed by atoms with Crippen LogP contribution in [0.15, 0.2) is 236 Å². The molecule has 0 fully saturated rings. The Morgan fingerprint density at radius 2 is 0.700 bits per heavy atom. The molecule has 12 heterocycles. The number of aliphatic imine (C=N–C) groups is 1. The summed E-state index contributed by atoms with van der Waals surface area (Å²) in [4.78, 5) is 52.7. The van der Waals surface area contributed by atoms with Gasteiger partial charge in [0.2, 0.25) is 0 Å². The monoisotopic (exact) mass is 1150 g/mol. The Kier molecular flexibility index (Phi) is 9.50. The van der Waals surface area contributed by atoms with Gasteiger partial charge in [-0.1, -0.05) is 164 Å². The predicted molar refractivity (Wildman–Crippen MR) is 363 cm³/mol. The number of fused-ring (bicyclic) bond motifs is 18. The van der Waals surface area contributed by atoms with Crippen molar-refractivity contribution in [1.82, 2.24) is 49.8 Å². The third-order valence-corrected chi connectivity index (χ3v) is 19.5. The first-order chi connectivity index (χ1) is 44.5. The number of pyridine rings is 4. The molecule has 11 nitrogen and oxygen atoms in total. The summed E-state index contributed by atoms with van der Waals surface area (Å²) in [6.45, 7) is 0. The third kappa shape index (κ3) is 6.82. The van der Waals surface area contributed by atoms with E-state index in [4.69, 9.17) is 29.9 Å². The van der Waals surface area contributed by atoms with E-state index >= 15 is 0 Å². The van der Waals surface area contributed by atoms with E-state index in [0.29, 0.717) is 6.42 Å². The molecule has 21 rings (SSSR count). The van der Waals surface area contributed by atoms with Crippen LogP contribution in [0.3, 0.4) is 0 Å². The molecule has 0 saturated carbocycles. The minimum atomic E-state index is -0.0663. The lowest BCUT2D eigenvalue weighted by Gasteiger charge is -2.15. The van der Waals surface area contributed by atoms with E-state index in [9.17, 15) is 0 Å². The summed E-state index contributed by atoms with van der Waals surface area (Å²) in [5, 5.41) is 8.43. The highest BCUT2D eigenvalue weighted by molar-refractivity contribution is 6.23. The fourth-order valence-electron chi connectivity index (χ4n) is 15.3. The summed E-state index contributed by atoms with van der Waals surface area (Å²) >= 11 is 0. The number of nitrogens with one attached hydrogen (secondary N) is 5. The zero-order valence-electron chi connectivity index (χ0n) is 48.0. The maximum atomic E-state index is 5.60.